The van der Waals surface area contributed by atoms with Crippen molar-refractivity contribution >= 4 is 54.1 Å². The zero-order chi connectivity index (χ0) is 49.0. The van der Waals surface area contributed by atoms with Gasteiger partial charge < -0.3 is 0 Å². The first-order valence-electron chi connectivity index (χ1n) is 25.2. The van der Waals surface area contributed by atoms with Gasteiger partial charge in [-0.1, -0.05) is 237 Å². The highest BCUT2D eigenvalue weighted by molar-refractivity contribution is 6.11. The standard InChI is InChI=1S/C71H45N3/c1-3-17-49(18-4-1)63-42-55(41-54-23-9-12-28-59(54)63)46-33-37-52(38-34-46)69-66-44-56(60-30-15-24-47-21-7-10-26-57(47)60)43-65(61-31-16-25-48-22-8-11-27-58(48)61)70(66)74-71(73-69)53-39-35-51(36-40-53)68-45-64(50-19-5-2-6-20-50)62-29-13-14-32-67(62)72-68/h1-45H. The molecule has 0 aliphatic carbocycles. The second-order valence-electron chi connectivity index (χ2n) is 19.1. The first-order chi connectivity index (χ1) is 36.7. The molecule has 0 atom stereocenters. The predicted molar refractivity (Wildman–Crippen MR) is 311 cm³/mol. The van der Waals surface area contributed by atoms with Gasteiger partial charge in [-0.05, 0) is 119 Å². The predicted octanol–water partition coefficient (Wildman–Crippen LogP) is 19.0. The molecule has 3 nitrogen and oxygen atoms in total. The molecule has 344 valence electrons. The van der Waals surface area contributed by atoms with E-state index in [4.69, 9.17) is 15.0 Å². The van der Waals surface area contributed by atoms with Crippen molar-refractivity contribution in [2.24, 2.45) is 0 Å². The van der Waals surface area contributed by atoms with E-state index in [1.165, 1.54) is 43.4 Å². The van der Waals surface area contributed by atoms with Crippen LogP contribution in [0, 0.1) is 0 Å². The van der Waals surface area contributed by atoms with Gasteiger partial charge in [-0.25, -0.2) is 15.0 Å². The van der Waals surface area contributed by atoms with E-state index in [1.807, 2.05) is 0 Å². The lowest BCUT2D eigenvalue weighted by atomic mass is 9.89. The number of para-hydroxylation sites is 1. The van der Waals surface area contributed by atoms with Crippen LogP contribution < -0.4 is 0 Å². The van der Waals surface area contributed by atoms with Crippen molar-refractivity contribution in [2.45, 2.75) is 0 Å². The van der Waals surface area contributed by atoms with Gasteiger partial charge in [0.15, 0.2) is 5.82 Å². The molecule has 0 amide bonds. The van der Waals surface area contributed by atoms with Crippen LogP contribution in [0.5, 0.6) is 0 Å². The number of hydrogen-bond donors (Lipinski definition) is 0. The second-order valence-corrected chi connectivity index (χ2v) is 19.1. The molecule has 14 aromatic rings. The highest BCUT2D eigenvalue weighted by Gasteiger charge is 2.20. The Hall–Kier alpha value is -9.83. The highest BCUT2D eigenvalue weighted by Crippen LogP contribution is 2.43. The molecule has 0 saturated carbocycles. The van der Waals surface area contributed by atoms with Crippen LogP contribution >= 0.6 is 0 Å². The summed E-state index contributed by atoms with van der Waals surface area (Å²) in [7, 11) is 0. The number of nitrogens with zero attached hydrogens (tertiary/aromatic N) is 3. The topological polar surface area (TPSA) is 38.7 Å². The lowest BCUT2D eigenvalue weighted by molar-refractivity contribution is 1.23. The molecule has 0 unspecified atom stereocenters. The Morgan fingerprint density at radius 1 is 0.216 bits per heavy atom. The third-order valence-electron chi connectivity index (χ3n) is 14.7. The molecule has 14 rings (SSSR count). The van der Waals surface area contributed by atoms with Gasteiger partial charge in [0.25, 0.3) is 0 Å². The van der Waals surface area contributed by atoms with E-state index in [9.17, 15) is 0 Å². The van der Waals surface area contributed by atoms with Crippen molar-refractivity contribution in [2.75, 3.05) is 0 Å². The molecule has 2 aromatic heterocycles. The Kier molecular flexibility index (Phi) is 10.5. The molecule has 0 saturated heterocycles. The molecule has 0 aliphatic rings. The minimum absolute atomic E-state index is 0.654. The summed E-state index contributed by atoms with van der Waals surface area (Å²) in [6.07, 6.45) is 0. The summed E-state index contributed by atoms with van der Waals surface area (Å²) in [6, 6.07) is 97.9. The van der Waals surface area contributed by atoms with E-state index in [0.29, 0.717) is 5.82 Å². The van der Waals surface area contributed by atoms with Crippen LogP contribution in [0.1, 0.15) is 0 Å². The lowest BCUT2D eigenvalue weighted by Crippen LogP contribution is -1.98. The summed E-state index contributed by atoms with van der Waals surface area (Å²) in [5, 5.41) is 9.30. The van der Waals surface area contributed by atoms with Crippen molar-refractivity contribution in [1.29, 1.82) is 0 Å². The summed E-state index contributed by atoms with van der Waals surface area (Å²) in [5.74, 6) is 0.654. The average molecular weight is 940 g/mol. The Labute approximate surface area is 429 Å². The van der Waals surface area contributed by atoms with Crippen LogP contribution in [0.15, 0.2) is 273 Å². The second kappa shape index (κ2) is 18.1. The summed E-state index contributed by atoms with van der Waals surface area (Å²) in [5.41, 5.74) is 18.1. The third-order valence-corrected chi connectivity index (χ3v) is 14.7. The van der Waals surface area contributed by atoms with Crippen molar-refractivity contribution in [1.82, 2.24) is 15.0 Å². The van der Waals surface area contributed by atoms with Crippen LogP contribution in [0.3, 0.4) is 0 Å². The maximum Gasteiger partial charge on any atom is 0.160 e. The molecular weight excluding hydrogens is 895 g/mol. The molecule has 0 spiro atoms. The molecular formula is C71H45N3. The van der Waals surface area contributed by atoms with Gasteiger partial charge in [0, 0.05) is 33.0 Å². The van der Waals surface area contributed by atoms with E-state index < -0.39 is 0 Å². The first kappa shape index (κ1) is 43.0. The van der Waals surface area contributed by atoms with Gasteiger partial charge in [-0.15, -0.1) is 0 Å². The Balaban J connectivity index is 0.977. The monoisotopic (exact) mass is 939 g/mol. The number of pyridine rings is 1. The quantitative estimate of drug-likeness (QED) is 0.152. The summed E-state index contributed by atoms with van der Waals surface area (Å²) < 4.78 is 0. The third kappa shape index (κ3) is 7.67. The van der Waals surface area contributed by atoms with Gasteiger partial charge in [0.05, 0.1) is 22.4 Å². The van der Waals surface area contributed by atoms with Gasteiger partial charge in [-0.3, -0.25) is 0 Å². The molecule has 0 fully saturated rings. The minimum Gasteiger partial charge on any atom is -0.248 e. The molecule has 0 N–H and O–H groups in total. The molecule has 2 heterocycles. The van der Waals surface area contributed by atoms with Crippen molar-refractivity contribution in [3.63, 3.8) is 0 Å². The van der Waals surface area contributed by atoms with Gasteiger partial charge in [-0.2, -0.15) is 0 Å². The van der Waals surface area contributed by atoms with Crippen LogP contribution in [0.25, 0.3) is 144 Å². The van der Waals surface area contributed by atoms with Gasteiger partial charge in [0.2, 0.25) is 0 Å². The molecule has 0 bridgehead atoms. The van der Waals surface area contributed by atoms with Crippen LogP contribution in [-0.4, -0.2) is 15.0 Å². The average Bonchev–Trinajstić information content (AvgIpc) is 3.50. The molecule has 3 heteroatoms. The van der Waals surface area contributed by atoms with Crippen molar-refractivity contribution in [3.05, 3.63) is 273 Å². The fraction of sp³-hybridized carbons (Fsp3) is 0. The number of aromatic nitrogens is 3. The zero-order valence-corrected chi connectivity index (χ0v) is 40.3. The van der Waals surface area contributed by atoms with Gasteiger partial charge >= 0.3 is 0 Å². The fourth-order valence-corrected chi connectivity index (χ4v) is 11.0. The van der Waals surface area contributed by atoms with E-state index in [-0.39, 0.29) is 0 Å². The van der Waals surface area contributed by atoms with Crippen molar-refractivity contribution < 1.29 is 0 Å². The largest absolute Gasteiger partial charge is 0.248 e. The van der Waals surface area contributed by atoms with Crippen molar-refractivity contribution in [3.8, 4) is 89.5 Å². The summed E-state index contributed by atoms with van der Waals surface area (Å²) >= 11 is 0. The molecule has 74 heavy (non-hydrogen) atoms. The van der Waals surface area contributed by atoms with Crippen LogP contribution in [0.2, 0.25) is 0 Å². The maximum atomic E-state index is 5.61. The molecule has 0 aliphatic heterocycles. The van der Waals surface area contributed by atoms with E-state index in [2.05, 4.69) is 273 Å². The smallest absolute Gasteiger partial charge is 0.160 e. The number of rotatable bonds is 8. The van der Waals surface area contributed by atoms with E-state index in [0.717, 1.165) is 94.4 Å². The molecule has 0 radical (unpaired) electrons. The highest BCUT2D eigenvalue weighted by atomic mass is 14.9. The maximum absolute atomic E-state index is 5.61. The Bertz CT molecular complexity index is 4440. The Morgan fingerprint density at radius 2 is 0.716 bits per heavy atom. The SMILES string of the molecule is c1ccc(-c2cc(-c3ccc(-c4nc(-c5ccc(-c6cc(-c7ccccc7)c7ccccc7n6)cc5)nc5c(-c6cccc7ccccc67)cc(-c6cccc7ccccc67)cc45)cc3)cc3ccccc23)cc1. The minimum atomic E-state index is 0.654. The first-order valence-corrected chi connectivity index (χ1v) is 25.2. The number of fused-ring (bicyclic) bond motifs is 5. The molecule has 12 aromatic carbocycles. The normalized spacial score (nSPS) is 11.5. The van der Waals surface area contributed by atoms with Gasteiger partial charge in [0.1, 0.15) is 0 Å². The van der Waals surface area contributed by atoms with E-state index >= 15 is 0 Å². The van der Waals surface area contributed by atoms with Crippen LogP contribution in [0.4, 0.5) is 0 Å². The van der Waals surface area contributed by atoms with E-state index in [1.54, 1.807) is 0 Å². The number of benzene rings is 12. The Morgan fingerprint density at radius 3 is 1.41 bits per heavy atom. The zero-order valence-electron chi connectivity index (χ0n) is 40.3. The lowest BCUT2D eigenvalue weighted by Gasteiger charge is -2.17. The number of hydrogen-bond acceptors (Lipinski definition) is 3. The van der Waals surface area contributed by atoms with Crippen LogP contribution in [-0.2, 0) is 0 Å². The fourth-order valence-electron chi connectivity index (χ4n) is 11.0. The summed E-state index contributed by atoms with van der Waals surface area (Å²) in [4.78, 5) is 16.4. The summed E-state index contributed by atoms with van der Waals surface area (Å²) in [6.45, 7) is 0.